The van der Waals surface area contributed by atoms with Gasteiger partial charge < -0.3 is 15.8 Å². The number of carbonyl (C=O) groups is 1. The van der Waals surface area contributed by atoms with Crippen LogP contribution in [-0.4, -0.2) is 18.5 Å². The molecule has 3 aromatic carbocycles. The number of ether oxygens (including phenoxy) is 1. The van der Waals surface area contributed by atoms with Gasteiger partial charge in [-0.05, 0) is 54.6 Å². The topological polar surface area (TPSA) is 64.4 Å². The molecule has 1 aliphatic rings. The fourth-order valence-corrected chi connectivity index (χ4v) is 3.98. The van der Waals surface area contributed by atoms with Gasteiger partial charge in [0.2, 0.25) is 5.91 Å². The van der Waals surface area contributed by atoms with Gasteiger partial charge in [-0.25, -0.2) is 0 Å². The zero-order chi connectivity index (χ0) is 21.5. The lowest BCUT2D eigenvalue weighted by atomic mass is 9.99. The summed E-state index contributed by atoms with van der Waals surface area (Å²) in [7, 11) is 0. The minimum Gasteiger partial charge on any atom is -0.488 e. The summed E-state index contributed by atoms with van der Waals surface area (Å²) in [6, 6.07) is 27.8. The van der Waals surface area contributed by atoms with E-state index >= 15 is 0 Å². The first-order valence-corrected chi connectivity index (χ1v) is 11.1. The molecule has 1 aliphatic carbocycles. The van der Waals surface area contributed by atoms with Gasteiger partial charge in [0.05, 0.1) is 0 Å². The van der Waals surface area contributed by atoms with Crippen LogP contribution in [0.15, 0.2) is 78.9 Å². The van der Waals surface area contributed by atoms with Crippen LogP contribution in [-0.2, 0) is 11.4 Å². The van der Waals surface area contributed by atoms with Crippen LogP contribution in [0.2, 0.25) is 0 Å². The highest BCUT2D eigenvalue weighted by molar-refractivity contribution is 5.73. The molecule has 4 heteroatoms. The van der Waals surface area contributed by atoms with Gasteiger partial charge in [-0.2, -0.15) is 0 Å². The first-order chi connectivity index (χ1) is 15.2. The molecular formula is C27H30N2O2. The van der Waals surface area contributed by atoms with Crippen molar-refractivity contribution in [2.75, 3.05) is 6.54 Å². The number of hydrogen-bond donors (Lipinski definition) is 2. The second-order valence-electron chi connectivity index (χ2n) is 8.22. The van der Waals surface area contributed by atoms with E-state index in [2.05, 4.69) is 59.9 Å². The summed E-state index contributed by atoms with van der Waals surface area (Å²) in [5.41, 5.74) is 10.0. The molecule has 0 spiro atoms. The van der Waals surface area contributed by atoms with Crippen LogP contribution in [0.5, 0.6) is 5.75 Å². The molecule has 0 unspecified atom stereocenters. The maximum atomic E-state index is 10.8. The average molecular weight is 415 g/mol. The molecule has 3 N–H and O–H groups in total. The van der Waals surface area contributed by atoms with E-state index in [4.69, 9.17) is 10.5 Å². The highest BCUT2D eigenvalue weighted by Gasteiger charge is 2.38. The number of nitrogens with two attached hydrogens (primary N) is 1. The van der Waals surface area contributed by atoms with Crippen LogP contribution in [0.4, 0.5) is 0 Å². The molecule has 0 bridgehead atoms. The van der Waals surface area contributed by atoms with Gasteiger partial charge in [0.1, 0.15) is 12.4 Å². The van der Waals surface area contributed by atoms with E-state index in [9.17, 15) is 4.79 Å². The number of primary amides is 1. The molecule has 1 saturated carbocycles. The minimum absolute atomic E-state index is 0.215. The Kier molecular flexibility index (Phi) is 7.00. The third kappa shape index (κ3) is 5.96. The average Bonchev–Trinajstić information content (AvgIpc) is 3.58. The summed E-state index contributed by atoms with van der Waals surface area (Å²) in [5.74, 6) is 1.23. The Balaban J connectivity index is 1.42. The Morgan fingerprint density at radius 3 is 2.45 bits per heavy atom. The van der Waals surface area contributed by atoms with Crippen molar-refractivity contribution in [3.8, 4) is 16.9 Å². The monoisotopic (exact) mass is 414 g/mol. The largest absolute Gasteiger partial charge is 0.488 e. The quantitative estimate of drug-likeness (QED) is 0.432. The van der Waals surface area contributed by atoms with Gasteiger partial charge in [0.15, 0.2) is 0 Å². The van der Waals surface area contributed by atoms with Crippen LogP contribution >= 0.6 is 0 Å². The van der Waals surface area contributed by atoms with Crippen LogP contribution in [0.25, 0.3) is 11.1 Å². The third-order valence-electron chi connectivity index (χ3n) is 5.80. The van der Waals surface area contributed by atoms with E-state index in [1.54, 1.807) is 0 Å². The molecule has 2 atom stereocenters. The number of carbonyl (C=O) groups excluding carboxylic acids is 1. The number of rotatable bonds is 11. The summed E-state index contributed by atoms with van der Waals surface area (Å²) in [6.07, 6.45) is 3.45. The van der Waals surface area contributed by atoms with Gasteiger partial charge >= 0.3 is 0 Å². The molecule has 0 saturated heterocycles. The maximum Gasteiger partial charge on any atom is 0.217 e. The third-order valence-corrected chi connectivity index (χ3v) is 5.80. The van der Waals surface area contributed by atoms with Crippen LogP contribution in [0.1, 0.15) is 42.7 Å². The lowest BCUT2D eigenvalue weighted by Crippen LogP contribution is -2.20. The number of unbranched alkanes of at least 4 members (excludes halogenated alkanes) is 1. The standard InChI is InChI=1S/C27H30N2O2/c28-27(30)13-7-8-16-29-25-18-23(25)22-14-15-26(31-19-20-9-3-1-4-10-20)24(17-22)21-11-5-2-6-12-21/h1-6,9-12,14-15,17,23,25,29H,7-8,13,16,18-19H2,(H2,28,30)/t23-,25+/m0/s1. The molecule has 1 fully saturated rings. The predicted octanol–water partition coefficient (Wildman–Crippen LogP) is 5.03. The number of hydrogen-bond acceptors (Lipinski definition) is 3. The van der Waals surface area contributed by atoms with Gasteiger partial charge in [0.25, 0.3) is 0 Å². The van der Waals surface area contributed by atoms with Gasteiger partial charge in [-0.15, -0.1) is 0 Å². The molecular weight excluding hydrogens is 384 g/mol. The van der Waals surface area contributed by atoms with E-state index in [1.165, 1.54) is 11.1 Å². The number of amides is 1. The number of nitrogens with one attached hydrogen (secondary N) is 1. The fourth-order valence-electron chi connectivity index (χ4n) is 3.98. The van der Waals surface area contributed by atoms with Crippen molar-refractivity contribution in [1.29, 1.82) is 0 Å². The summed E-state index contributed by atoms with van der Waals surface area (Å²) in [5, 5.41) is 3.62. The second-order valence-corrected chi connectivity index (χ2v) is 8.22. The van der Waals surface area contributed by atoms with Gasteiger partial charge in [-0.3, -0.25) is 4.79 Å². The minimum atomic E-state index is -0.215. The molecule has 0 radical (unpaired) electrons. The summed E-state index contributed by atoms with van der Waals surface area (Å²) in [6.45, 7) is 1.48. The lowest BCUT2D eigenvalue weighted by molar-refractivity contribution is -0.118. The SMILES string of the molecule is NC(=O)CCCCN[C@@H]1C[C@H]1c1ccc(OCc2ccccc2)c(-c2ccccc2)c1. The Labute approximate surface area is 184 Å². The van der Waals surface area contributed by atoms with Crippen molar-refractivity contribution in [2.45, 2.75) is 44.2 Å². The van der Waals surface area contributed by atoms with Gasteiger partial charge in [-0.1, -0.05) is 66.7 Å². The molecule has 0 aromatic heterocycles. The molecule has 4 rings (SSSR count). The molecule has 4 nitrogen and oxygen atoms in total. The van der Waals surface area contributed by atoms with Crippen LogP contribution in [0.3, 0.4) is 0 Å². The lowest BCUT2D eigenvalue weighted by Gasteiger charge is -2.14. The normalized spacial score (nSPS) is 17.3. The maximum absolute atomic E-state index is 10.8. The van der Waals surface area contributed by atoms with Crippen LogP contribution in [0, 0.1) is 0 Å². The Morgan fingerprint density at radius 2 is 1.71 bits per heavy atom. The van der Waals surface area contributed by atoms with Crippen molar-refractivity contribution >= 4 is 5.91 Å². The smallest absolute Gasteiger partial charge is 0.217 e. The first kappa shape index (κ1) is 21.1. The molecule has 3 aromatic rings. The fraction of sp³-hybridized carbons (Fsp3) is 0.296. The van der Waals surface area contributed by atoms with Crippen molar-refractivity contribution < 1.29 is 9.53 Å². The van der Waals surface area contributed by atoms with E-state index in [0.29, 0.717) is 25.0 Å². The van der Waals surface area contributed by atoms with Crippen LogP contribution < -0.4 is 15.8 Å². The summed E-state index contributed by atoms with van der Waals surface area (Å²) < 4.78 is 6.22. The zero-order valence-corrected chi connectivity index (χ0v) is 17.8. The van der Waals surface area contributed by atoms with E-state index in [0.717, 1.165) is 42.7 Å². The summed E-state index contributed by atoms with van der Waals surface area (Å²) in [4.78, 5) is 10.8. The highest BCUT2D eigenvalue weighted by Crippen LogP contribution is 2.43. The van der Waals surface area contributed by atoms with E-state index in [-0.39, 0.29) is 5.91 Å². The molecule has 0 heterocycles. The van der Waals surface area contributed by atoms with E-state index < -0.39 is 0 Å². The molecule has 1 amide bonds. The highest BCUT2D eigenvalue weighted by atomic mass is 16.5. The zero-order valence-electron chi connectivity index (χ0n) is 17.8. The molecule has 31 heavy (non-hydrogen) atoms. The van der Waals surface area contributed by atoms with Crippen molar-refractivity contribution in [2.24, 2.45) is 5.73 Å². The Hall–Kier alpha value is -3.11. The van der Waals surface area contributed by atoms with E-state index in [1.807, 2.05) is 24.3 Å². The first-order valence-electron chi connectivity index (χ1n) is 11.1. The van der Waals surface area contributed by atoms with Crippen molar-refractivity contribution in [3.05, 3.63) is 90.0 Å². The molecule has 0 aliphatic heterocycles. The predicted molar refractivity (Wildman–Crippen MR) is 125 cm³/mol. The summed E-state index contributed by atoms with van der Waals surface area (Å²) >= 11 is 0. The Morgan fingerprint density at radius 1 is 0.968 bits per heavy atom. The van der Waals surface area contributed by atoms with Gasteiger partial charge in [0, 0.05) is 23.9 Å². The number of benzene rings is 3. The van der Waals surface area contributed by atoms with Crippen molar-refractivity contribution in [3.63, 3.8) is 0 Å². The second kappa shape index (κ2) is 10.3. The van der Waals surface area contributed by atoms with Crippen molar-refractivity contribution in [1.82, 2.24) is 5.32 Å². The Bertz CT molecular complexity index is 989. The molecule has 160 valence electrons.